The highest BCUT2D eigenvalue weighted by Gasteiger charge is 2.17. The normalized spacial score (nSPS) is 23.9. The Bertz CT molecular complexity index is 273. The average Bonchev–Trinajstić information content (AvgIpc) is 2.56. The Hall–Kier alpha value is -0.0800. The van der Waals surface area contributed by atoms with Crippen molar-refractivity contribution in [3.8, 4) is 0 Å². The molecule has 0 unspecified atom stereocenters. The molecule has 0 radical (unpaired) electrons. The third kappa shape index (κ3) is 5.86. The summed E-state index contributed by atoms with van der Waals surface area (Å²) in [6.07, 6.45) is 4.03. The molecule has 0 saturated heterocycles. The van der Waals surface area contributed by atoms with Crippen molar-refractivity contribution in [2.45, 2.75) is 42.2 Å². The summed E-state index contributed by atoms with van der Waals surface area (Å²) in [7, 11) is 0. The number of aliphatic hydroxyl groups excluding tert-OH is 1. The number of anilines is 1. The fourth-order valence-electron chi connectivity index (χ4n) is 1.37. The Morgan fingerprint density at radius 1 is 1.31 bits per heavy atom. The van der Waals surface area contributed by atoms with Crippen LogP contribution in [0.1, 0.15) is 25.7 Å². The summed E-state index contributed by atoms with van der Waals surface area (Å²) in [4.78, 5) is 0. The number of nitrogens with two attached hydrogens (primary N) is 2. The second kappa shape index (κ2) is 8.08. The molecule has 5 N–H and O–H groups in total. The minimum atomic E-state index is -0.219. The van der Waals surface area contributed by atoms with E-state index in [2.05, 4.69) is 22.8 Å². The first-order chi connectivity index (χ1) is 7.09. The van der Waals surface area contributed by atoms with E-state index in [-0.39, 0.29) is 24.6 Å². The third-order valence-corrected chi connectivity index (χ3v) is 3.13. The van der Waals surface area contributed by atoms with Gasteiger partial charge in [-0.15, -0.1) is 35.2 Å². The van der Waals surface area contributed by atoms with Crippen LogP contribution in [0.5, 0.6) is 0 Å². The van der Waals surface area contributed by atoms with Gasteiger partial charge in [0.15, 0.2) is 4.34 Å². The lowest BCUT2D eigenvalue weighted by Gasteiger charge is -2.23. The number of rotatable bonds is 0. The van der Waals surface area contributed by atoms with Crippen LogP contribution in [-0.2, 0) is 0 Å². The number of hydrogen-bond acceptors (Lipinski definition) is 7. The molecule has 0 aromatic carbocycles. The van der Waals surface area contributed by atoms with Gasteiger partial charge in [-0.1, -0.05) is 24.2 Å². The number of hydrogen-bond donors (Lipinski definition) is 4. The first-order valence-electron chi connectivity index (χ1n) is 4.81. The molecule has 0 spiro atoms. The topological polar surface area (TPSA) is 98.0 Å². The number of aliphatic hydroxyl groups is 1. The molecular formula is C8H17ClN4OS2. The van der Waals surface area contributed by atoms with E-state index < -0.39 is 0 Å². The maximum absolute atomic E-state index is 9.05. The Balaban J connectivity index is 0.000000267. The van der Waals surface area contributed by atoms with Crippen molar-refractivity contribution < 1.29 is 5.11 Å². The minimum absolute atomic E-state index is 0. The van der Waals surface area contributed by atoms with E-state index in [9.17, 15) is 0 Å². The van der Waals surface area contributed by atoms with E-state index in [0.717, 1.165) is 19.3 Å². The molecule has 1 aromatic rings. The van der Waals surface area contributed by atoms with Crippen LogP contribution in [0.25, 0.3) is 0 Å². The zero-order valence-corrected chi connectivity index (χ0v) is 11.3. The third-order valence-electron chi connectivity index (χ3n) is 2.21. The molecule has 1 saturated carbocycles. The Labute approximate surface area is 110 Å². The molecule has 0 aliphatic heterocycles. The monoisotopic (exact) mass is 284 g/mol. The Morgan fingerprint density at radius 3 is 2.19 bits per heavy atom. The predicted octanol–water partition coefficient (Wildman–Crippen LogP) is 1.08. The summed E-state index contributed by atoms with van der Waals surface area (Å²) in [5.41, 5.74) is 10.7. The van der Waals surface area contributed by atoms with E-state index in [1.54, 1.807) is 0 Å². The second-order valence-electron chi connectivity index (χ2n) is 3.44. The molecule has 2 atom stereocenters. The van der Waals surface area contributed by atoms with Crippen molar-refractivity contribution in [2.24, 2.45) is 5.73 Å². The fraction of sp³-hybridized carbons (Fsp3) is 0.750. The first kappa shape index (κ1) is 15.9. The summed E-state index contributed by atoms with van der Waals surface area (Å²) in [6.45, 7) is 0. The van der Waals surface area contributed by atoms with E-state index in [1.165, 1.54) is 17.8 Å². The summed E-state index contributed by atoms with van der Waals surface area (Å²) in [5.74, 6) is 0. The van der Waals surface area contributed by atoms with Gasteiger partial charge < -0.3 is 16.6 Å². The quantitative estimate of drug-likeness (QED) is 0.535. The van der Waals surface area contributed by atoms with Crippen LogP contribution >= 0.6 is 36.4 Å². The van der Waals surface area contributed by atoms with Gasteiger partial charge in [-0.2, -0.15) is 0 Å². The molecule has 8 heteroatoms. The molecule has 94 valence electrons. The molecule has 2 rings (SSSR count). The van der Waals surface area contributed by atoms with Gasteiger partial charge in [-0.05, 0) is 12.8 Å². The van der Waals surface area contributed by atoms with Crippen molar-refractivity contribution in [2.75, 3.05) is 5.73 Å². The van der Waals surface area contributed by atoms with E-state index >= 15 is 0 Å². The van der Waals surface area contributed by atoms with Gasteiger partial charge in [0.05, 0.1) is 6.10 Å². The highest BCUT2D eigenvalue weighted by atomic mass is 35.5. The molecule has 1 aliphatic carbocycles. The van der Waals surface area contributed by atoms with Crippen LogP contribution in [0.3, 0.4) is 0 Å². The maximum atomic E-state index is 9.05. The standard InChI is InChI=1S/C6H13NO.C2H3N3S2.ClH/c7-5-3-1-2-4-6(5)8;3-1-4-5-2(6)7-1;/h5-6,8H,1-4,7H2;(H2,3,4)(H,5,6);1H/t5-,6-;;/m0../s1. The van der Waals surface area contributed by atoms with E-state index in [1.807, 2.05) is 0 Å². The zero-order valence-electron chi connectivity index (χ0n) is 8.74. The Kier molecular flexibility index (Phi) is 8.04. The van der Waals surface area contributed by atoms with Crippen LogP contribution in [-0.4, -0.2) is 27.4 Å². The number of halogens is 1. The van der Waals surface area contributed by atoms with Crippen LogP contribution < -0.4 is 11.5 Å². The molecule has 0 amide bonds. The summed E-state index contributed by atoms with van der Waals surface area (Å²) >= 11 is 5.13. The molecular weight excluding hydrogens is 268 g/mol. The van der Waals surface area contributed by atoms with E-state index in [0.29, 0.717) is 9.47 Å². The van der Waals surface area contributed by atoms with Crippen LogP contribution in [0, 0.1) is 0 Å². The fourth-order valence-corrected chi connectivity index (χ4v) is 2.04. The number of nitrogen functional groups attached to an aromatic ring is 1. The maximum Gasteiger partial charge on any atom is 0.203 e. The largest absolute Gasteiger partial charge is 0.392 e. The smallest absolute Gasteiger partial charge is 0.203 e. The SMILES string of the molecule is Cl.N[C@H]1CCCC[C@@H]1O.Nc1nnc(S)s1. The van der Waals surface area contributed by atoms with Crippen molar-refractivity contribution in [1.82, 2.24) is 10.2 Å². The van der Waals surface area contributed by atoms with Gasteiger partial charge in [0, 0.05) is 6.04 Å². The van der Waals surface area contributed by atoms with Gasteiger partial charge in [0.1, 0.15) is 0 Å². The molecule has 5 nitrogen and oxygen atoms in total. The summed E-state index contributed by atoms with van der Waals surface area (Å²) in [5, 5.41) is 16.5. The number of nitrogens with zero attached hydrogens (tertiary/aromatic N) is 2. The van der Waals surface area contributed by atoms with Crippen LogP contribution in [0.4, 0.5) is 5.13 Å². The minimum Gasteiger partial charge on any atom is -0.392 e. The van der Waals surface area contributed by atoms with Gasteiger partial charge in [-0.3, -0.25) is 0 Å². The van der Waals surface area contributed by atoms with Gasteiger partial charge in [0.2, 0.25) is 5.13 Å². The van der Waals surface area contributed by atoms with Gasteiger partial charge in [-0.25, -0.2) is 0 Å². The molecule has 0 bridgehead atoms. The average molecular weight is 285 g/mol. The first-order valence-corrected chi connectivity index (χ1v) is 6.07. The molecule has 1 fully saturated rings. The van der Waals surface area contributed by atoms with Crippen LogP contribution in [0.2, 0.25) is 0 Å². The highest BCUT2D eigenvalue weighted by molar-refractivity contribution is 7.82. The van der Waals surface area contributed by atoms with Crippen molar-refractivity contribution in [3.05, 3.63) is 0 Å². The zero-order chi connectivity index (χ0) is 11.3. The lowest BCUT2D eigenvalue weighted by atomic mass is 9.94. The summed E-state index contributed by atoms with van der Waals surface area (Å²) < 4.78 is 0.609. The lowest BCUT2D eigenvalue weighted by Crippen LogP contribution is -2.37. The molecule has 1 aliphatic rings. The van der Waals surface area contributed by atoms with Crippen molar-refractivity contribution in [1.29, 1.82) is 0 Å². The number of thiol groups is 1. The molecule has 1 aromatic heterocycles. The Morgan fingerprint density at radius 2 is 1.94 bits per heavy atom. The van der Waals surface area contributed by atoms with Crippen molar-refractivity contribution >= 4 is 41.5 Å². The van der Waals surface area contributed by atoms with Gasteiger partial charge >= 0.3 is 0 Å². The predicted molar refractivity (Wildman–Crippen MR) is 71.3 cm³/mol. The van der Waals surface area contributed by atoms with Crippen LogP contribution in [0.15, 0.2) is 4.34 Å². The highest BCUT2D eigenvalue weighted by Crippen LogP contribution is 2.15. The van der Waals surface area contributed by atoms with E-state index in [4.69, 9.17) is 16.6 Å². The summed E-state index contributed by atoms with van der Waals surface area (Å²) in [6, 6.07) is 0.0590. The lowest BCUT2D eigenvalue weighted by molar-refractivity contribution is 0.108. The number of aromatic nitrogens is 2. The molecule has 16 heavy (non-hydrogen) atoms. The van der Waals surface area contributed by atoms with Crippen molar-refractivity contribution in [3.63, 3.8) is 0 Å². The van der Waals surface area contributed by atoms with Gasteiger partial charge in [0.25, 0.3) is 0 Å². The molecule has 1 heterocycles. The second-order valence-corrected chi connectivity index (χ2v) is 5.17.